The molecule has 0 saturated heterocycles. The van der Waals surface area contributed by atoms with Crippen LogP contribution < -0.4 is 9.47 Å². The lowest BCUT2D eigenvalue weighted by atomic mass is 9.84. The van der Waals surface area contributed by atoms with Gasteiger partial charge in [0, 0.05) is 11.2 Å². The Bertz CT molecular complexity index is 1810. The number of aromatic nitrogens is 7. The molecule has 0 saturated carbocycles. The molecule has 4 aromatic heterocycles. The molecular formula is C28H20ClN7O2. The summed E-state index contributed by atoms with van der Waals surface area (Å²) in [6.07, 6.45) is 3.33. The van der Waals surface area contributed by atoms with Crippen molar-refractivity contribution in [2.45, 2.75) is 12.8 Å². The van der Waals surface area contributed by atoms with Crippen molar-refractivity contribution in [3.05, 3.63) is 107 Å². The van der Waals surface area contributed by atoms with Crippen LogP contribution in [0.3, 0.4) is 0 Å². The van der Waals surface area contributed by atoms with Crippen LogP contribution in [0, 0.1) is 6.92 Å². The summed E-state index contributed by atoms with van der Waals surface area (Å²) < 4.78 is 15.3. The van der Waals surface area contributed by atoms with E-state index < -0.39 is 0 Å². The van der Waals surface area contributed by atoms with Crippen molar-refractivity contribution in [3.63, 3.8) is 0 Å². The van der Waals surface area contributed by atoms with Crippen molar-refractivity contribution in [1.82, 2.24) is 34.3 Å². The van der Waals surface area contributed by atoms with E-state index in [2.05, 4.69) is 15.1 Å². The maximum absolute atomic E-state index is 6.47. The molecule has 0 radical (unpaired) electrons. The fourth-order valence-electron chi connectivity index (χ4n) is 4.89. The molecule has 1 aliphatic rings. The molecule has 9 nitrogen and oxygen atoms in total. The van der Waals surface area contributed by atoms with Gasteiger partial charge in [0.2, 0.25) is 17.6 Å². The van der Waals surface area contributed by atoms with Crippen molar-refractivity contribution in [1.29, 1.82) is 0 Å². The number of halogens is 1. The molecule has 6 aromatic rings. The summed E-state index contributed by atoms with van der Waals surface area (Å²) in [5.41, 5.74) is 5.65. The van der Waals surface area contributed by atoms with Gasteiger partial charge in [-0.1, -0.05) is 35.9 Å². The van der Waals surface area contributed by atoms with E-state index in [1.54, 1.807) is 28.8 Å². The van der Waals surface area contributed by atoms with E-state index in [4.69, 9.17) is 31.2 Å². The molecule has 5 heterocycles. The molecule has 0 fully saturated rings. The van der Waals surface area contributed by atoms with Crippen LogP contribution in [0.1, 0.15) is 28.3 Å². The number of methoxy groups -OCH3 is 1. The summed E-state index contributed by atoms with van der Waals surface area (Å²) in [4.78, 5) is 14.0. The summed E-state index contributed by atoms with van der Waals surface area (Å²) in [7, 11) is 1.65. The predicted octanol–water partition coefficient (Wildman–Crippen LogP) is 5.63. The van der Waals surface area contributed by atoms with Gasteiger partial charge in [-0.05, 0) is 55.0 Å². The molecule has 1 unspecified atom stereocenters. The average Bonchev–Trinajstić information content (AvgIpc) is 3.54. The van der Waals surface area contributed by atoms with E-state index in [-0.39, 0.29) is 5.92 Å². The minimum atomic E-state index is -0.274. The topological polar surface area (TPSA) is 92.2 Å². The summed E-state index contributed by atoms with van der Waals surface area (Å²) >= 11 is 6.31. The van der Waals surface area contributed by atoms with Crippen LogP contribution in [0.25, 0.3) is 22.9 Å². The van der Waals surface area contributed by atoms with E-state index in [9.17, 15) is 0 Å². The van der Waals surface area contributed by atoms with Crippen LogP contribution in [0.15, 0.2) is 79.3 Å². The first-order chi connectivity index (χ1) is 18.6. The quantitative estimate of drug-likeness (QED) is 0.296. The second-order valence-electron chi connectivity index (χ2n) is 8.89. The SMILES string of the molecule is COc1ccc(C2c3c(C)nn(-c4cccc(Cl)c4)c3Oc3ncn4nc(-c5ccccn5)nc4c32)cc1. The van der Waals surface area contributed by atoms with Gasteiger partial charge in [-0.2, -0.15) is 5.10 Å². The van der Waals surface area contributed by atoms with Gasteiger partial charge in [-0.25, -0.2) is 19.2 Å². The predicted molar refractivity (Wildman–Crippen MR) is 141 cm³/mol. The second kappa shape index (κ2) is 8.67. The van der Waals surface area contributed by atoms with Gasteiger partial charge in [0.25, 0.3) is 0 Å². The summed E-state index contributed by atoms with van der Waals surface area (Å²) in [5.74, 6) is 2.02. The van der Waals surface area contributed by atoms with Crippen molar-refractivity contribution < 1.29 is 9.47 Å². The molecular weight excluding hydrogens is 502 g/mol. The molecule has 2 aromatic carbocycles. The van der Waals surface area contributed by atoms with E-state index in [0.717, 1.165) is 33.8 Å². The minimum absolute atomic E-state index is 0.274. The Morgan fingerprint density at radius 3 is 2.58 bits per heavy atom. The van der Waals surface area contributed by atoms with E-state index in [1.165, 1.54) is 0 Å². The molecule has 0 aliphatic carbocycles. The fourth-order valence-corrected chi connectivity index (χ4v) is 5.08. The Balaban J connectivity index is 1.48. The Morgan fingerprint density at radius 1 is 0.947 bits per heavy atom. The van der Waals surface area contributed by atoms with Crippen LogP contribution in [0.2, 0.25) is 5.02 Å². The first-order valence-corrected chi connectivity index (χ1v) is 12.3. The smallest absolute Gasteiger partial charge is 0.230 e. The number of ether oxygens (including phenoxy) is 2. The maximum atomic E-state index is 6.47. The van der Waals surface area contributed by atoms with Gasteiger partial charge in [0.05, 0.1) is 35.5 Å². The number of fused-ring (bicyclic) bond motifs is 4. The number of hydrogen-bond acceptors (Lipinski definition) is 7. The molecule has 10 heteroatoms. The van der Waals surface area contributed by atoms with E-state index >= 15 is 0 Å². The highest BCUT2D eigenvalue weighted by Gasteiger charge is 2.38. The molecule has 0 bridgehead atoms. The van der Waals surface area contributed by atoms with Crippen molar-refractivity contribution in [2.24, 2.45) is 0 Å². The maximum Gasteiger partial charge on any atom is 0.230 e. The van der Waals surface area contributed by atoms with E-state index in [0.29, 0.717) is 33.9 Å². The summed E-state index contributed by atoms with van der Waals surface area (Å²) in [5, 5.41) is 10.1. The zero-order chi connectivity index (χ0) is 25.8. The Hall–Kier alpha value is -4.76. The van der Waals surface area contributed by atoms with Crippen molar-refractivity contribution >= 4 is 17.2 Å². The number of aryl methyl sites for hydroxylation is 1. The lowest BCUT2D eigenvalue weighted by Gasteiger charge is -2.26. The van der Waals surface area contributed by atoms with Crippen LogP contribution >= 0.6 is 11.6 Å². The highest BCUT2D eigenvalue weighted by Crippen LogP contribution is 2.50. The van der Waals surface area contributed by atoms with Gasteiger partial charge in [-0.15, -0.1) is 5.10 Å². The lowest BCUT2D eigenvalue weighted by Crippen LogP contribution is -2.16. The van der Waals surface area contributed by atoms with Crippen LogP contribution in [0.5, 0.6) is 17.5 Å². The van der Waals surface area contributed by atoms with Crippen LogP contribution in [-0.4, -0.2) is 41.5 Å². The van der Waals surface area contributed by atoms with Crippen LogP contribution in [0.4, 0.5) is 0 Å². The molecule has 0 N–H and O–H groups in total. The van der Waals surface area contributed by atoms with Gasteiger partial charge >= 0.3 is 0 Å². The standard InChI is InChI=1S/C28H20ClN7O2/c1-16-22-23(17-9-11-20(37-2)12-10-17)24-26-32-25(21-8-3-4-13-30-21)34-35(26)15-31-27(24)38-28(22)36(33-16)19-7-5-6-18(29)14-19/h3-15,23H,1-2H3. The molecule has 0 amide bonds. The molecule has 38 heavy (non-hydrogen) atoms. The fraction of sp³-hybridized carbons (Fsp3) is 0.107. The minimum Gasteiger partial charge on any atom is -0.497 e. The largest absolute Gasteiger partial charge is 0.497 e. The molecule has 1 atom stereocenters. The number of hydrogen-bond donors (Lipinski definition) is 0. The number of rotatable bonds is 4. The van der Waals surface area contributed by atoms with Gasteiger partial charge in [0.1, 0.15) is 17.8 Å². The zero-order valence-corrected chi connectivity index (χ0v) is 21.2. The normalized spacial score (nSPS) is 14.1. The monoisotopic (exact) mass is 521 g/mol. The van der Waals surface area contributed by atoms with Gasteiger partial charge in [-0.3, -0.25) is 4.98 Å². The Kier molecular flexibility index (Phi) is 5.12. The van der Waals surface area contributed by atoms with Crippen molar-refractivity contribution in [2.75, 3.05) is 7.11 Å². The van der Waals surface area contributed by atoms with Gasteiger partial charge in [0.15, 0.2) is 5.65 Å². The number of benzene rings is 2. The second-order valence-corrected chi connectivity index (χ2v) is 9.32. The number of pyridine rings is 1. The van der Waals surface area contributed by atoms with Gasteiger partial charge < -0.3 is 9.47 Å². The Morgan fingerprint density at radius 2 is 1.82 bits per heavy atom. The zero-order valence-electron chi connectivity index (χ0n) is 20.4. The van der Waals surface area contributed by atoms with Crippen LogP contribution in [-0.2, 0) is 0 Å². The highest BCUT2D eigenvalue weighted by atomic mass is 35.5. The first kappa shape index (κ1) is 22.4. The molecule has 0 spiro atoms. The lowest BCUT2D eigenvalue weighted by molar-refractivity contribution is 0.402. The molecule has 1 aliphatic heterocycles. The third-order valence-corrected chi connectivity index (χ3v) is 6.85. The van der Waals surface area contributed by atoms with E-state index in [1.807, 2.05) is 73.7 Å². The summed E-state index contributed by atoms with van der Waals surface area (Å²) in [6, 6.07) is 21.1. The molecule has 7 rings (SSSR count). The highest BCUT2D eigenvalue weighted by molar-refractivity contribution is 6.30. The number of nitrogens with zero attached hydrogens (tertiary/aromatic N) is 7. The third-order valence-electron chi connectivity index (χ3n) is 6.62. The van der Waals surface area contributed by atoms with Crippen molar-refractivity contribution in [3.8, 4) is 34.7 Å². The molecule has 186 valence electrons. The third kappa shape index (κ3) is 3.51. The first-order valence-electron chi connectivity index (χ1n) is 11.9. The average molecular weight is 522 g/mol. The Labute approximate surface area is 222 Å². The summed E-state index contributed by atoms with van der Waals surface area (Å²) in [6.45, 7) is 1.97.